The van der Waals surface area contributed by atoms with E-state index in [1.165, 1.54) is 108 Å². The molecule has 0 heterocycles. The van der Waals surface area contributed by atoms with E-state index in [1.807, 2.05) is 0 Å². The first-order valence-corrected chi connectivity index (χ1v) is 30.9. The second kappa shape index (κ2) is 14.3. The Morgan fingerprint density at radius 1 is 0.453 bits per heavy atom. The molecule has 0 unspecified atom stereocenters. The first-order valence-electron chi connectivity index (χ1n) is 20.9. The van der Waals surface area contributed by atoms with Crippen LogP contribution in [0.3, 0.4) is 0 Å². The summed E-state index contributed by atoms with van der Waals surface area (Å²) in [7, 11) is -5.09. The molecule has 2 fully saturated rings. The molecule has 2 saturated carbocycles. The number of benzene rings is 4. The Morgan fingerprint density at radius 3 is 1.15 bits per heavy atom. The second-order valence-corrected chi connectivity index (χ2v) is 34.0. The highest BCUT2D eigenvalue weighted by molar-refractivity contribution is 7.09. The summed E-state index contributed by atoms with van der Waals surface area (Å²) in [6, 6.07) is 33.9. The van der Waals surface area contributed by atoms with Crippen LogP contribution in [0.25, 0.3) is 32.6 Å². The molecule has 3 heteroatoms. The van der Waals surface area contributed by atoms with Gasteiger partial charge in [0, 0.05) is 12.8 Å². The lowest BCUT2D eigenvalue weighted by Crippen LogP contribution is -2.37. The van der Waals surface area contributed by atoms with Crippen molar-refractivity contribution in [1.29, 1.82) is 0 Å². The van der Waals surface area contributed by atoms with Crippen molar-refractivity contribution in [3.05, 3.63) is 131 Å². The van der Waals surface area contributed by atoms with Crippen LogP contribution in [-0.2, 0) is 0 Å². The normalized spacial score (nSPS) is 18.4. The van der Waals surface area contributed by atoms with Crippen LogP contribution in [0.5, 0.6) is 0 Å². The van der Waals surface area contributed by atoms with Crippen molar-refractivity contribution >= 4 is 45.0 Å². The van der Waals surface area contributed by atoms with Gasteiger partial charge in [-0.05, 0) is 79.6 Å². The number of allylic oxidation sites excluding steroid dienone is 2. The van der Waals surface area contributed by atoms with Gasteiger partial charge in [-0.1, -0.05) is 210 Å². The van der Waals surface area contributed by atoms with Crippen molar-refractivity contribution in [3.8, 4) is 22.3 Å². The monoisotopic (exact) mass is 746 g/mol. The first-order chi connectivity index (χ1) is 25.3. The van der Waals surface area contributed by atoms with Gasteiger partial charge in [-0.3, -0.25) is 0 Å². The molecule has 0 spiro atoms. The van der Waals surface area contributed by atoms with Gasteiger partial charge in [-0.15, -0.1) is 0 Å². The standard InChI is InChI=1S/C50H62Si3/c1-51(2,3)43-27-23-37(24-28-43)45-21-13-19-39-33-41(31-35-15-9-10-16-35)49(47(39)45)53(7,8)50-42(32-36-17-11-12-18-36)34-40-20-14-22-46(48(40)50)38-25-29-44(30-26-38)52(4,5)6/h13-14,19-30,33-36H,9-12,15-18,31-32H2,1-8H3. The predicted molar refractivity (Wildman–Crippen MR) is 241 cm³/mol. The quantitative estimate of drug-likeness (QED) is 0.142. The van der Waals surface area contributed by atoms with E-state index in [9.17, 15) is 0 Å². The van der Waals surface area contributed by atoms with Crippen molar-refractivity contribution in [1.82, 2.24) is 0 Å². The van der Waals surface area contributed by atoms with Crippen LogP contribution < -0.4 is 10.4 Å². The fourth-order valence-corrected chi connectivity index (χ4v) is 16.8. The highest BCUT2D eigenvalue weighted by Crippen LogP contribution is 2.55. The summed E-state index contributed by atoms with van der Waals surface area (Å²) in [4.78, 5) is 0. The molecule has 4 aliphatic rings. The van der Waals surface area contributed by atoms with Crippen molar-refractivity contribution in [2.45, 2.75) is 117 Å². The average Bonchev–Trinajstić information content (AvgIpc) is 3.94. The van der Waals surface area contributed by atoms with Crippen molar-refractivity contribution in [2.75, 3.05) is 0 Å². The third-order valence-electron chi connectivity index (χ3n) is 13.3. The van der Waals surface area contributed by atoms with Gasteiger partial charge in [0.1, 0.15) is 8.07 Å². The van der Waals surface area contributed by atoms with Crippen LogP contribution in [0.4, 0.5) is 0 Å². The molecule has 0 N–H and O–H groups in total. The fourth-order valence-electron chi connectivity index (χ4n) is 10.5. The molecule has 274 valence electrons. The van der Waals surface area contributed by atoms with Gasteiger partial charge in [-0.25, -0.2) is 0 Å². The lowest BCUT2D eigenvalue weighted by Gasteiger charge is -2.33. The van der Waals surface area contributed by atoms with Gasteiger partial charge in [0.25, 0.3) is 0 Å². The van der Waals surface area contributed by atoms with Crippen molar-refractivity contribution in [2.24, 2.45) is 11.8 Å². The van der Waals surface area contributed by atoms with E-state index in [0.717, 1.165) is 11.8 Å². The minimum Gasteiger partial charge on any atom is -0.0656 e. The molecule has 0 bridgehead atoms. The number of fused-ring (bicyclic) bond motifs is 2. The van der Waals surface area contributed by atoms with E-state index in [1.54, 1.807) is 32.7 Å². The molecule has 0 aliphatic heterocycles. The van der Waals surface area contributed by atoms with Crippen LogP contribution >= 0.6 is 0 Å². The fraction of sp³-hybridized carbons (Fsp3) is 0.400. The third-order valence-corrected chi connectivity index (χ3v) is 21.1. The summed E-state index contributed by atoms with van der Waals surface area (Å²) < 4.78 is 0. The highest BCUT2D eigenvalue weighted by atomic mass is 28.3. The Kier molecular flexibility index (Phi) is 9.94. The number of hydrogen-bond acceptors (Lipinski definition) is 0. The van der Waals surface area contributed by atoms with Crippen LogP contribution in [0.1, 0.15) is 86.5 Å². The first kappa shape index (κ1) is 37.0. The van der Waals surface area contributed by atoms with Gasteiger partial charge in [0.05, 0.1) is 16.1 Å². The van der Waals surface area contributed by atoms with Gasteiger partial charge < -0.3 is 0 Å². The summed E-state index contributed by atoms with van der Waals surface area (Å²) in [5.74, 6) is 1.62. The molecule has 4 aromatic rings. The molecule has 4 aromatic carbocycles. The van der Waals surface area contributed by atoms with E-state index < -0.39 is 24.2 Å². The molecular formula is C50H62Si3. The molecule has 0 nitrogen and oxygen atoms in total. The molecular weight excluding hydrogens is 685 g/mol. The van der Waals surface area contributed by atoms with Crippen LogP contribution in [0, 0.1) is 24.7 Å². The third kappa shape index (κ3) is 7.16. The van der Waals surface area contributed by atoms with E-state index in [0.29, 0.717) is 0 Å². The van der Waals surface area contributed by atoms with Gasteiger partial charge in [0.2, 0.25) is 0 Å². The van der Waals surface area contributed by atoms with E-state index in [2.05, 4.69) is 150 Å². The predicted octanol–water partition coefficient (Wildman–Crippen LogP) is 13.4. The highest BCUT2D eigenvalue weighted by Gasteiger charge is 2.44. The summed E-state index contributed by atoms with van der Waals surface area (Å²) in [5.41, 5.74) is 15.0. The molecule has 0 amide bonds. The van der Waals surface area contributed by atoms with Crippen LogP contribution in [-0.4, -0.2) is 24.2 Å². The Labute approximate surface area is 325 Å². The number of hydrogen-bond donors (Lipinski definition) is 0. The van der Waals surface area contributed by atoms with E-state index >= 15 is 0 Å². The van der Waals surface area contributed by atoms with Crippen LogP contribution in [0.2, 0.25) is 52.4 Å². The zero-order valence-electron chi connectivity index (χ0n) is 34.0. The molecule has 8 rings (SSSR count). The maximum Gasteiger partial charge on any atom is 0.113 e. The largest absolute Gasteiger partial charge is 0.113 e. The average molecular weight is 747 g/mol. The zero-order valence-corrected chi connectivity index (χ0v) is 37.0. The van der Waals surface area contributed by atoms with Crippen molar-refractivity contribution < 1.29 is 0 Å². The lowest BCUT2D eigenvalue weighted by atomic mass is 9.96. The Hall–Kier alpha value is -2.99. The Balaban J connectivity index is 1.32. The molecule has 53 heavy (non-hydrogen) atoms. The minimum atomic E-state index is -2.31. The van der Waals surface area contributed by atoms with Gasteiger partial charge in [-0.2, -0.15) is 0 Å². The zero-order chi connectivity index (χ0) is 37.1. The topological polar surface area (TPSA) is 0 Å². The lowest BCUT2D eigenvalue weighted by molar-refractivity contribution is 0.547. The second-order valence-electron chi connectivity index (χ2n) is 19.6. The van der Waals surface area contributed by atoms with Gasteiger partial charge >= 0.3 is 0 Å². The van der Waals surface area contributed by atoms with Gasteiger partial charge in [0.15, 0.2) is 0 Å². The maximum absolute atomic E-state index is 2.74. The summed E-state index contributed by atoms with van der Waals surface area (Å²) in [6.07, 6.45) is 18.9. The van der Waals surface area contributed by atoms with E-state index in [-0.39, 0.29) is 0 Å². The molecule has 4 aliphatic carbocycles. The molecule has 0 saturated heterocycles. The summed E-state index contributed by atoms with van der Waals surface area (Å²) in [5, 5.41) is 6.54. The maximum atomic E-state index is 2.74. The summed E-state index contributed by atoms with van der Waals surface area (Å²) >= 11 is 0. The van der Waals surface area contributed by atoms with Crippen LogP contribution in [0.15, 0.2) is 96.1 Å². The SMILES string of the molecule is C[Si](C)(C1=C(CC2CCCC2)[CH]c2cccc(-c3ccc([Si](C)(C)C)cc3)c21)C1=C(CC2CCCC2)[CH]c2cccc(-c3ccc([Si](C)(C)C)cc3)c21. The Morgan fingerprint density at radius 2 is 0.811 bits per heavy atom. The number of rotatable bonds is 10. The smallest absolute Gasteiger partial charge is 0.0656 e. The molecule has 2 radical (unpaired) electrons. The Bertz CT molecular complexity index is 1900. The molecule has 0 atom stereocenters. The summed E-state index contributed by atoms with van der Waals surface area (Å²) in [6.45, 7) is 20.3. The van der Waals surface area contributed by atoms with Crippen molar-refractivity contribution in [3.63, 3.8) is 0 Å². The van der Waals surface area contributed by atoms with E-state index in [4.69, 9.17) is 0 Å². The minimum absolute atomic E-state index is 0.810. The molecule has 0 aromatic heterocycles.